The van der Waals surface area contributed by atoms with E-state index in [0.717, 1.165) is 32.7 Å². The van der Waals surface area contributed by atoms with Crippen LogP contribution in [0.25, 0.3) is 22.3 Å². The summed E-state index contributed by atoms with van der Waals surface area (Å²) in [5.74, 6) is -1.39. The molecule has 0 spiro atoms. The monoisotopic (exact) mass is 557 g/mol. The van der Waals surface area contributed by atoms with Gasteiger partial charge >= 0.3 is 5.97 Å². The van der Waals surface area contributed by atoms with Crippen molar-refractivity contribution >= 4 is 40.4 Å². The summed E-state index contributed by atoms with van der Waals surface area (Å²) in [5, 5.41) is 15.7. The van der Waals surface area contributed by atoms with E-state index in [1.165, 1.54) is 23.7 Å². The van der Waals surface area contributed by atoms with Crippen molar-refractivity contribution < 1.29 is 19.1 Å². The number of benzene rings is 3. The van der Waals surface area contributed by atoms with Gasteiger partial charge in [0.15, 0.2) is 0 Å². The number of fused-ring (bicyclic) bond motifs is 1. The lowest BCUT2D eigenvalue weighted by Gasteiger charge is -2.17. The van der Waals surface area contributed by atoms with Gasteiger partial charge in [-0.25, -0.2) is 14.2 Å². The molecule has 10 heteroatoms. The summed E-state index contributed by atoms with van der Waals surface area (Å²) in [5.41, 5.74) is 5.68. The van der Waals surface area contributed by atoms with Crippen LogP contribution in [0.3, 0.4) is 0 Å². The summed E-state index contributed by atoms with van der Waals surface area (Å²) in [6.07, 6.45) is 0.557. The number of amides is 1. The Morgan fingerprint density at radius 1 is 1.10 bits per heavy atom. The maximum absolute atomic E-state index is 13.8. The van der Waals surface area contributed by atoms with Crippen LogP contribution in [0.5, 0.6) is 0 Å². The molecule has 1 atom stereocenters. The number of nitrogens with zero attached hydrogens (tertiary/aromatic N) is 2. The highest BCUT2D eigenvalue weighted by Crippen LogP contribution is 2.24. The van der Waals surface area contributed by atoms with E-state index >= 15 is 0 Å². The molecule has 3 aromatic carbocycles. The zero-order valence-electron chi connectivity index (χ0n) is 22.0. The van der Waals surface area contributed by atoms with Crippen molar-refractivity contribution in [3.05, 3.63) is 99.7 Å². The Labute approximate surface area is 234 Å². The molecule has 1 amide bonds. The van der Waals surface area contributed by atoms with Crippen LogP contribution < -0.4 is 10.6 Å². The van der Waals surface area contributed by atoms with E-state index in [-0.39, 0.29) is 6.42 Å². The maximum atomic E-state index is 13.8. The third-order valence-corrected chi connectivity index (χ3v) is 7.45. The summed E-state index contributed by atoms with van der Waals surface area (Å²) < 4.78 is 18.4. The molecule has 0 aliphatic rings. The number of aromatic amines is 1. The number of anilines is 1. The number of aliphatic carboxylic acids is 1. The standard InChI is InChI=1S/C30H28FN5O3S/c1-3-19-14-21(31)12-17(2)27(19)28(37)33-26(29(38)39)13-18-8-10-20(11-9-18)25-15-22(40-36-25)16-32-30-34-23-6-4-5-7-24(23)35-30/h4-12,14-15,26H,3,13,16H2,1-2H3,(H,33,37)(H,38,39)(H2,32,34,35). The highest BCUT2D eigenvalue weighted by Gasteiger charge is 2.24. The van der Waals surface area contributed by atoms with Crippen LogP contribution in [0.4, 0.5) is 10.3 Å². The molecule has 1 unspecified atom stereocenters. The van der Waals surface area contributed by atoms with E-state index < -0.39 is 23.7 Å². The van der Waals surface area contributed by atoms with E-state index in [2.05, 4.69) is 25.0 Å². The minimum Gasteiger partial charge on any atom is -0.480 e. The van der Waals surface area contributed by atoms with Gasteiger partial charge < -0.3 is 20.7 Å². The number of carboxylic acids is 1. The van der Waals surface area contributed by atoms with Crippen LogP contribution in [0.2, 0.25) is 0 Å². The second-order valence-corrected chi connectivity index (χ2v) is 10.4. The van der Waals surface area contributed by atoms with Crippen molar-refractivity contribution in [2.45, 2.75) is 39.3 Å². The summed E-state index contributed by atoms with van der Waals surface area (Å²) in [4.78, 5) is 33.8. The molecular formula is C30H28FN5O3S. The molecule has 5 aromatic rings. The maximum Gasteiger partial charge on any atom is 0.326 e. The summed E-state index contributed by atoms with van der Waals surface area (Å²) in [7, 11) is 0. The van der Waals surface area contributed by atoms with Crippen LogP contribution in [0, 0.1) is 12.7 Å². The largest absolute Gasteiger partial charge is 0.480 e. The number of rotatable bonds is 10. The Kier molecular flexibility index (Phi) is 7.88. The number of aromatic nitrogens is 3. The number of hydrogen-bond donors (Lipinski definition) is 4. The van der Waals surface area contributed by atoms with Crippen LogP contribution in [-0.2, 0) is 24.2 Å². The first-order valence-electron chi connectivity index (χ1n) is 12.9. The molecule has 4 N–H and O–H groups in total. The third-order valence-electron chi connectivity index (χ3n) is 6.66. The minimum absolute atomic E-state index is 0.104. The van der Waals surface area contributed by atoms with Gasteiger partial charge in [-0.15, -0.1) is 0 Å². The molecule has 0 aliphatic carbocycles. The quantitative estimate of drug-likeness (QED) is 0.174. The van der Waals surface area contributed by atoms with E-state index in [4.69, 9.17) is 0 Å². The van der Waals surface area contributed by atoms with E-state index in [9.17, 15) is 19.1 Å². The number of aryl methyl sites for hydroxylation is 2. The first kappa shape index (κ1) is 27.0. The normalized spacial score (nSPS) is 11.9. The number of carbonyl (C=O) groups excluding carboxylic acids is 1. The third kappa shape index (κ3) is 6.02. The molecule has 2 aromatic heterocycles. The lowest BCUT2D eigenvalue weighted by Crippen LogP contribution is -2.42. The molecule has 8 nitrogen and oxygen atoms in total. The van der Waals surface area contributed by atoms with Crippen molar-refractivity contribution in [1.29, 1.82) is 0 Å². The lowest BCUT2D eigenvalue weighted by atomic mass is 9.98. The number of H-pyrrole nitrogens is 1. The number of carboxylic acid groups (broad SMARTS) is 1. The topological polar surface area (TPSA) is 120 Å². The molecule has 40 heavy (non-hydrogen) atoms. The van der Waals surface area contributed by atoms with Crippen LogP contribution in [0.1, 0.15) is 38.8 Å². The molecular weight excluding hydrogens is 529 g/mol. The van der Waals surface area contributed by atoms with Gasteiger partial charge in [0, 0.05) is 22.4 Å². The van der Waals surface area contributed by atoms with Crippen molar-refractivity contribution in [3.63, 3.8) is 0 Å². The summed E-state index contributed by atoms with van der Waals surface area (Å²) in [6, 6.07) is 18.7. The van der Waals surface area contributed by atoms with E-state index in [0.29, 0.717) is 35.6 Å². The predicted octanol–water partition coefficient (Wildman–Crippen LogP) is 5.73. The molecule has 2 heterocycles. The van der Waals surface area contributed by atoms with Crippen molar-refractivity contribution in [1.82, 2.24) is 19.7 Å². The van der Waals surface area contributed by atoms with Crippen LogP contribution in [0.15, 0.2) is 66.7 Å². The molecule has 0 aliphatic heterocycles. The highest BCUT2D eigenvalue weighted by atomic mass is 32.1. The van der Waals surface area contributed by atoms with Gasteiger partial charge in [-0.1, -0.05) is 43.3 Å². The van der Waals surface area contributed by atoms with Crippen molar-refractivity contribution in [2.75, 3.05) is 5.32 Å². The van der Waals surface area contributed by atoms with E-state index in [1.54, 1.807) is 6.92 Å². The summed E-state index contributed by atoms with van der Waals surface area (Å²) >= 11 is 1.40. The average molecular weight is 558 g/mol. The van der Waals surface area contributed by atoms with Crippen molar-refractivity contribution in [3.8, 4) is 11.3 Å². The predicted molar refractivity (Wildman–Crippen MR) is 154 cm³/mol. The average Bonchev–Trinajstić information content (AvgIpc) is 3.58. The number of para-hydroxylation sites is 2. The molecule has 0 saturated heterocycles. The number of hydrogen-bond acceptors (Lipinski definition) is 6. The van der Waals surface area contributed by atoms with Crippen LogP contribution in [-0.4, -0.2) is 37.4 Å². The second-order valence-electron chi connectivity index (χ2n) is 9.51. The van der Waals surface area contributed by atoms with E-state index in [1.807, 2.05) is 61.5 Å². The smallest absolute Gasteiger partial charge is 0.326 e. The van der Waals surface area contributed by atoms with Gasteiger partial charge in [-0.3, -0.25) is 4.79 Å². The number of imidazole rings is 1. The zero-order chi connectivity index (χ0) is 28.2. The van der Waals surface area contributed by atoms with Gasteiger partial charge in [0.1, 0.15) is 11.9 Å². The Balaban J connectivity index is 1.22. The SMILES string of the molecule is CCc1cc(F)cc(C)c1C(=O)NC(Cc1ccc(-c2cc(CNc3nc4ccccc4[nH]3)sn2)cc1)C(=O)O. The molecule has 0 fully saturated rings. The van der Waals surface area contributed by atoms with Gasteiger partial charge in [0.2, 0.25) is 5.95 Å². The Morgan fingerprint density at radius 3 is 2.60 bits per heavy atom. The van der Waals surface area contributed by atoms with Crippen LogP contribution >= 0.6 is 11.5 Å². The fourth-order valence-corrected chi connectivity index (χ4v) is 5.31. The molecule has 0 bridgehead atoms. The molecule has 5 rings (SSSR count). The first-order chi connectivity index (χ1) is 19.3. The number of nitrogens with one attached hydrogen (secondary N) is 3. The number of halogens is 1. The number of carbonyl (C=O) groups is 2. The lowest BCUT2D eigenvalue weighted by molar-refractivity contribution is -0.139. The Bertz CT molecular complexity index is 1650. The summed E-state index contributed by atoms with van der Waals surface area (Å²) in [6.45, 7) is 4.04. The Hall–Kier alpha value is -4.57. The van der Waals surface area contributed by atoms with Gasteiger partial charge in [-0.05, 0) is 71.9 Å². The Morgan fingerprint density at radius 2 is 1.88 bits per heavy atom. The minimum atomic E-state index is -1.14. The molecule has 0 saturated carbocycles. The fourth-order valence-electron chi connectivity index (χ4n) is 4.63. The first-order valence-corrected chi connectivity index (χ1v) is 13.6. The zero-order valence-corrected chi connectivity index (χ0v) is 22.8. The van der Waals surface area contributed by atoms with Crippen molar-refractivity contribution in [2.24, 2.45) is 0 Å². The van der Waals surface area contributed by atoms with Gasteiger partial charge in [0.05, 0.1) is 23.3 Å². The molecule has 0 radical (unpaired) electrons. The molecule has 204 valence electrons. The fraction of sp³-hybridized carbons (Fsp3) is 0.200. The second kappa shape index (κ2) is 11.7. The van der Waals surface area contributed by atoms with Gasteiger partial charge in [0.25, 0.3) is 5.91 Å². The van der Waals surface area contributed by atoms with Gasteiger partial charge in [-0.2, -0.15) is 4.37 Å². The highest BCUT2D eigenvalue weighted by molar-refractivity contribution is 7.06.